The van der Waals surface area contributed by atoms with Gasteiger partial charge >= 0.3 is 0 Å². The number of nitrogens with zero attached hydrogens (tertiary/aromatic N) is 2. The predicted octanol–water partition coefficient (Wildman–Crippen LogP) is 2.02. The van der Waals surface area contributed by atoms with Gasteiger partial charge in [0.25, 0.3) is 0 Å². The van der Waals surface area contributed by atoms with Gasteiger partial charge in [0.2, 0.25) is 0 Å². The second kappa shape index (κ2) is 5.85. The summed E-state index contributed by atoms with van der Waals surface area (Å²) in [4.78, 5) is 2.62. The summed E-state index contributed by atoms with van der Waals surface area (Å²) in [6.45, 7) is 5.62. The lowest BCUT2D eigenvalue weighted by Crippen LogP contribution is -2.38. The van der Waals surface area contributed by atoms with Gasteiger partial charge in [-0.15, -0.1) is 0 Å². The molecule has 1 aromatic heterocycles. The van der Waals surface area contributed by atoms with E-state index in [9.17, 15) is 0 Å². The highest BCUT2D eigenvalue weighted by atomic mass is 16.5. The average molecular weight is 249 g/mol. The van der Waals surface area contributed by atoms with Crippen LogP contribution < -0.4 is 0 Å². The van der Waals surface area contributed by atoms with Gasteiger partial charge < -0.3 is 9.64 Å². The number of aromatic nitrogens is 2. The summed E-state index contributed by atoms with van der Waals surface area (Å²) in [6.07, 6.45) is 6.97. The molecule has 0 spiro atoms. The molecule has 100 valence electrons. The van der Waals surface area contributed by atoms with Gasteiger partial charge in [-0.2, -0.15) is 5.10 Å². The molecule has 0 saturated carbocycles. The summed E-state index contributed by atoms with van der Waals surface area (Å²) in [7, 11) is 0. The second-order valence-electron chi connectivity index (χ2n) is 5.67. The van der Waals surface area contributed by atoms with E-state index in [4.69, 9.17) is 4.74 Å². The minimum Gasteiger partial charge on any atom is -0.381 e. The topological polar surface area (TPSA) is 41.1 Å². The van der Waals surface area contributed by atoms with Gasteiger partial charge in [0.15, 0.2) is 0 Å². The van der Waals surface area contributed by atoms with Crippen LogP contribution >= 0.6 is 0 Å². The number of rotatable bonds is 3. The van der Waals surface area contributed by atoms with Crippen LogP contribution in [-0.2, 0) is 4.74 Å². The van der Waals surface area contributed by atoms with E-state index in [1.807, 2.05) is 6.20 Å². The molecule has 3 rings (SSSR count). The summed E-state index contributed by atoms with van der Waals surface area (Å²) in [5, 5.41) is 7.17. The van der Waals surface area contributed by atoms with Gasteiger partial charge in [0.1, 0.15) is 0 Å². The highest BCUT2D eigenvalue weighted by Gasteiger charge is 2.24. The van der Waals surface area contributed by atoms with Crippen LogP contribution in [0.15, 0.2) is 12.3 Å². The number of H-pyrrole nitrogens is 1. The van der Waals surface area contributed by atoms with Gasteiger partial charge in [0.05, 0.1) is 6.61 Å². The van der Waals surface area contributed by atoms with Crippen LogP contribution in [0.25, 0.3) is 0 Å². The molecule has 2 saturated heterocycles. The fourth-order valence-electron chi connectivity index (χ4n) is 3.24. The maximum Gasteiger partial charge on any atom is 0.0506 e. The molecule has 4 nitrogen and oxygen atoms in total. The molecular weight excluding hydrogens is 226 g/mol. The Morgan fingerprint density at radius 2 is 2.22 bits per heavy atom. The Hall–Kier alpha value is -0.870. The van der Waals surface area contributed by atoms with Crippen molar-refractivity contribution in [3.63, 3.8) is 0 Å². The smallest absolute Gasteiger partial charge is 0.0506 e. The summed E-state index contributed by atoms with van der Waals surface area (Å²) in [5.41, 5.74) is 1.32. The van der Waals surface area contributed by atoms with Crippen LogP contribution in [0.1, 0.15) is 37.3 Å². The van der Waals surface area contributed by atoms with Gasteiger partial charge in [0, 0.05) is 31.0 Å². The molecule has 3 heterocycles. The Morgan fingerprint density at radius 3 is 2.89 bits per heavy atom. The molecule has 2 fully saturated rings. The summed E-state index contributed by atoms with van der Waals surface area (Å²) in [6, 6.07) is 2.12. The minimum absolute atomic E-state index is 0.686. The van der Waals surface area contributed by atoms with Crippen molar-refractivity contribution in [2.45, 2.75) is 31.6 Å². The summed E-state index contributed by atoms with van der Waals surface area (Å²) >= 11 is 0. The highest BCUT2D eigenvalue weighted by Crippen LogP contribution is 2.27. The van der Waals surface area contributed by atoms with Gasteiger partial charge in [-0.05, 0) is 50.8 Å². The van der Waals surface area contributed by atoms with Crippen molar-refractivity contribution in [2.24, 2.45) is 5.92 Å². The molecule has 18 heavy (non-hydrogen) atoms. The highest BCUT2D eigenvalue weighted by molar-refractivity contribution is 5.06. The van der Waals surface area contributed by atoms with Crippen molar-refractivity contribution in [2.75, 3.05) is 32.8 Å². The Balaban J connectivity index is 1.45. The molecule has 0 bridgehead atoms. The van der Waals surface area contributed by atoms with Crippen LogP contribution in [-0.4, -0.2) is 47.9 Å². The van der Waals surface area contributed by atoms with E-state index < -0.39 is 0 Å². The molecule has 1 atom stereocenters. The zero-order chi connectivity index (χ0) is 12.2. The van der Waals surface area contributed by atoms with Crippen LogP contribution in [0.5, 0.6) is 0 Å². The van der Waals surface area contributed by atoms with Gasteiger partial charge in [-0.1, -0.05) is 0 Å². The SMILES string of the molecule is c1cc(C2CCN(C[C@@H]3CCCOC3)CC2)[nH]n1. The van der Waals surface area contributed by atoms with E-state index in [0.717, 1.165) is 19.1 Å². The van der Waals surface area contributed by atoms with Crippen molar-refractivity contribution in [1.82, 2.24) is 15.1 Å². The Labute approximate surface area is 109 Å². The first-order valence-corrected chi connectivity index (χ1v) is 7.21. The normalized spacial score (nSPS) is 27.4. The number of aromatic amines is 1. The number of likely N-dealkylation sites (tertiary alicyclic amines) is 1. The molecule has 2 aliphatic rings. The van der Waals surface area contributed by atoms with E-state index in [1.165, 1.54) is 51.0 Å². The maximum atomic E-state index is 5.56. The predicted molar refractivity (Wildman–Crippen MR) is 70.5 cm³/mol. The van der Waals surface area contributed by atoms with E-state index >= 15 is 0 Å². The number of ether oxygens (including phenoxy) is 1. The molecule has 1 N–H and O–H groups in total. The third kappa shape index (κ3) is 2.93. The van der Waals surface area contributed by atoms with Crippen LogP contribution in [0.4, 0.5) is 0 Å². The average Bonchev–Trinajstić information content (AvgIpc) is 2.95. The zero-order valence-electron chi connectivity index (χ0n) is 11.0. The summed E-state index contributed by atoms with van der Waals surface area (Å²) < 4.78 is 5.56. The molecule has 0 aliphatic carbocycles. The third-order valence-corrected chi connectivity index (χ3v) is 4.32. The van der Waals surface area contributed by atoms with E-state index in [1.54, 1.807) is 0 Å². The minimum atomic E-state index is 0.686. The maximum absolute atomic E-state index is 5.56. The fourth-order valence-corrected chi connectivity index (χ4v) is 3.24. The lowest BCUT2D eigenvalue weighted by Gasteiger charge is -2.34. The Bertz CT molecular complexity index is 338. The molecular formula is C14H23N3O. The van der Waals surface area contributed by atoms with Crippen molar-refractivity contribution >= 4 is 0 Å². The monoisotopic (exact) mass is 249 g/mol. The van der Waals surface area contributed by atoms with Gasteiger partial charge in [-0.25, -0.2) is 0 Å². The van der Waals surface area contributed by atoms with Crippen molar-refractivity contribution in [1.29, 1.82) is 0 Å². The van der Waals surface area contributed by atoms with Crippen molar-refractivity contribution < 1.29 is 4.74 Å². The van der Waals surface area contributed by atoms with Crippen LogP contribution in [0.3, 0.4) is 0 Å². The lowest BCUT2D eigenvalue weighted by atomic mass is 9.92. The lowest BCUT2D eigenvalue weighted by molar-refractivity contribution is 0.0345. The quantitative estimate of drug-likeness (QED) is 0.891. The number of hydrogen-bond acceptors (Lipinski definition) is 3. The molecule has 0 aromatic carbocycles. The second-order valence-corrected chi connectivity index (χ2v) is 5.67. The van der Waals surface area contributed by atoms with E-state index in [0.29, 0.717) is 5.92 Å². The molecule has 1 aromatic rings. The van der Waals surface area contributed by atoms with Gasteiger partial charge in [-0.3, -0.25) is 5.10 Å². The van der Waals surface area contributed by atoms with Crippen LogP contribution in [0, 0.1) is 5.92 Å². The zero-order valence-corrected chi connectivity index (χ0v) is 11.0. The third-order valence-electron chi connectivity index (χ3n) is 4.32. The first kappa shape index (κ1) is 12.2. The fraction of sp³-hybridized carbons (Fsp3) is 0.786. The number of piperidine rings is 1. The number of hydrogen-bond donors (Lipinski definition) is 1. The largest absolute Gasteiger partial charge is 0.381 e. The number of nitrogens with one attached hydrogen (secondary N) is 1. The molecule has 0 radical (unpaired) electrons. The van der Waals surface area contributed by atoms with Crippen molar-refractivity contribution in [3.05, 3.63) is 18.0 Å². The standard InChI is InChI=1S/C14H23N3O/c1-2-12(11-18-9-1)10-17-7-4-13(5-8-17)14-3-6-15-16-14/h3,6,12-13H,1-2,4-5,7-11H2,(H,15,16)/t12-/m0/s1. The van der Waals surface area contributed by atoms with E-state index in [2.05, 4.69) is 21.2 Å². The molecule has 0 amide bonds. The molecule has 4 heteroatoms. The first-order valence-electron chi connectivity index (χ1n) is 7.21. The van der Waals surface area contributed by atoms with E-state index in [-0.39, 0.29) is 0 Å². The van der Waals surface area contributed by atoms with Crippen molar-refractivity contribution in [3.8, 4) is 0 Å². The first-order chi connectivity index (χ1) is 8.92. The Kier molecular flexibility index (Phi) is 3.96. The Morgan fingerprint density at radius 1 is 1.33 bits per heavy atom. The molecule has 2 aliphatic heterocycles. The molecule has 0 unspecified atom stereocenters. The van der Waals surface area contributed by atoms with Crippen LogP contribution in [0.2, 0.25) is 0 Å². The summed E-state index contributed by atoms with van der Waals surface area (Å²) in [5.74, 6) is 1.45.